The lowest BCUT2D eigenvalue weighted by Gasteiger charge is -2.29. The smallest absolute Gasteiger partial charge is 0.286 e. The Morgan fingerprint density at radius 3 is 2.71 bits per heavy atom. The third-order valence-corrected chi connectivity index (χ3v) is 7.91. The molecule has 11 heteroatoms. The average molecular weight is 521 g/mol. The summed E-state index contributed by atoms with van der Waals surface area (Å²) in [7, 11) is -2.37. The van der Waals surface area contributed by atoms with Crippen molar-refractivity contribution >= 4 is 27.3 Å². The summed E-state index contributed by atoms with van der Waals surface area (Å²) in [5.41, 5.74) is 1.03. The summed E-state index contributed by atoms with van der Waals surface area (Å²) in [6.45, 7) is -0.401. The highest BCUT2D eigenvalue weighted by Gasteiger charge is 2.30. The van der Waals surface area contributed by atoms with Gasteiger partial charge in [0.05, 0.1) is 31.8 Å². The summed E-state index contributed by atoms with van der Waals surface area (Å²) in [5.74, 6) is 2.43. The molecule has 35 heavy (non-hydrogen) atoms. The van der Waals surface area contributed by atoms with E-state index in [9.17, 15) is 18.3 Å². The zero-order valence-corrected chi connectivity index (χ0v) is 20.9. The van der Waals surface area contributed by atoms with Crippen molar-refractivity contribution in [1.29, 1.82) is 0 Å². The van der Waals surface area contributed by atoms with E-state index in [1.807, 2.05) is 16.8 Å². The number of hydrogen-bond acceptors (Lipinski definition) is 8. The molecular weight excluding hydrogens is 492 g/mol. The molecule has 1 aromatic heterocycles. The van der Waals surface area contributed by atoms with Crippen LogP contribution in [0.5, 0.6) is 5.75 Å². The van der Waals surface area contributed by atoms with Gasteiger partial charge in [-0.3, -0.25) is 4.79 Å². The molecule has 0 saturated carbocycles. The van der Waals surface area contributed by atoms with Crippen LogP contribution in [0.1, 0.15) is 17.9 Å². The molecule has 3 rings (SSSR count). The number of carbonyl (C=O) groups is 1. The topological polar surface area (TPSA) is 114 Å². The van der Waals surface area contributed by atoms with Crippen LogP contribution in [0.2, 0.25) is 0 Å². The molecule has 1 aromatic carbocycles. The SMILES string of the molecule is C#CCNC(=O)C1=C[C@H](c2ccsc2)C[C@H](OCCN(CCO)S(=O)(=O)c2ccc(OC)cc2)O1. The summed E-state index contributed by atoms with van der Waals surface area (Å²) in [6.07, 6.45) is 6.64. The fourth-order valence-electron chi connectivity index (χ4n) is 3.50. The second kappa shape index (κ2) is 12.7. The maximum absolute atomic E-state index is 13.1. The van der Waals surface area contributed by atoms with Gasteiger partial charge in [-0.1, -0.05) is 5.92 Å². The Balaban J connectivity index is 1.67. The number of amides is 1. The van der Waals surface area contributed by atoms with Gasteiger partial charge in [0.15, 0.2) is 5.76 Å². The molecule has 0 bridgehead atoms. The van der Waals surface area contributed by atoms with Crippen LogP contribution in [0.25, 0.3) is 0 Å². The van der Waals surface area contributed by atoms with Gasteiger partial charge in [0.25, 0.3) is 5.91 Å². The minimum Gasteiger partial charge on any atom is -0.497 e. The summed E-state index contributed by atoms with van der Waals surface area (Å²) < 4.78 is 43.9. The summed E-state index contributed by atoms with van der Waals surface area (Å²) in [4.78, 5) is 12.5. The van der Waals surface area contributed by atoms with Crippen LogP contribution in [-0.4, -0.2) is 70.0 Å². The van der Waals surface area contributed by atoms with Gasteiger partial charge in [0, 0.05) is 25.4 Å². The third-order valence-electron chi connectivity index (χ3n) is 5.29. The lowest BCUT2D eigenvalue weighted by atomic mass is 9.95. The first-order valence-corrected chi connectivity index (χ1v) is 13.3. The number of aliphatic hydroxyl groups excluding tert-OH is 1. The highest BCUT2D eigenvalue weighted by molar-refractivity contribution is 7.89. The van der Waals surface area contributed by atoms with Gasteiger partial charge in [-0.2, -0.15) is 15.6 Å². The van der Waals surface area contributed by atoms with Crippen molar-refractivity contribution in [3.05, 3.63) is 58.5 Å². The van der Waals surface area contributed by atoms with E-state index in [0.717, 1.165) is 9.87 Å². The highest BCUT2D eigenvalue weighted by atomic mass is 32.2. The fourth-order valence-corrected chi connectivity index (χ4v) is 5.64. The second-order valence-electron chi connectivity index (χ2n) is 7.54. The number of ether oxygens (including phenoxy) is 3. The van der Waals surface area contributed by atoms with E-state index in [-0.39, 0.29) is 49.4 Å². The Labute approximate surface area is 209 Å². The Kier molecular flexibility index (Phi) is 9.71. The second-order valence-corrected chi connectivity index (χ2v) is 10.3. The van der Waals surface area contributed by atoms with Crippen molar-refractivity contribution < 1.29 is 32.5 Å². The molecule has 2 atom stereocenters. The first-order valence-electron chi connectivity index (χ1n) is 10.9. The van der Waals surface area contributed by atoms with Gasteiger partial charge in [0.1, 0.15) is 5.75 Å². The Morgan fingerprint density at radius 1 is 1.31 bits per heavy atom. The first-order chi connectivity index (χ1) is 16.9. The number of benzene rings is 1. The van der Waals surface area contributed by atoms with Crippen molar-refractivity contribution in [2.45, 2.75) is 23.5 Å². The van der Waals surface area contributed by atoms with Crippen LogP contribution in [-0.2, 0) is 24.3 Å². The molecule has 0 saturated heterocycles. The zero-order chi connectivity index (χ0) is 25.3. The molecule has 2 aromatic rings. The number of methoxy groups -OCH3 is 1. The molecule has 2 heterocycles. The van der Waals surface area contributed by atoms with Gasteiger partial charge in [-0.25, -0.2) is 8.42 Å². The number of hydrogen-bond donors (Lipinski definition) is 2. The predicted molar refractivity (Wildman–Crippen MR) is 131 cm³/mol. The normalized spacial score (nSPS) is 17.8. The van der Waals surface area contributed by atoms with Crippen LogP contribution in [0.4, 0.5) is 0 Å². The van der Waals surface area contributed by atoms with Crippen LogP contribution in [0, 0.1) is 12.3 Å². The van der Waals surface area contributed by atoms with Gasteiger partial charge in [-0.15, -0.1) is 6.42 Å². The van der Waals surface area contributed by atoms with Gasteiger partial charge < -0.3 is 24.6 Å². The van der Waals surface area contributed by atoms with Crippen molar-refractivity contribution in [3.63, 3.8) is 0 Å². The van der Waals surface area contributed by atoms with E-state index < -0.39 is 22.2 Å². The van der Waals surface area contributed by atoms with E-state index in [0.29, 0.717) is 12.2 Å². The summed E-state index contributed by atoms with van der Waals surface area (Å²) >= 11 is 1.55. The molecule has 0 aliphatic carbocycles. The predicted octanol–water partition coefficient (Wildman–Crippen LogP) is 1.92. The molecular formula is C24H28N2O7S2. The zero-order valence-electron chi connectivity index (χ0n) is 19.3. The van der Waals surface area contributed by atoms with Crippen LogP contribution < -0.4 is 10.1 Å². The Hall–Kier alpha value is -2.88. The average Bonchev–Trinajstić information content (AvgIpc) is 3.42. The monoisotopic (exact) mass is 520 g/mol. The van der Waals surface area contributed by atoms with Crippen molar-refractivity contribution in [2.24, 2.45) is 0 Å². The van der Waals surface area contributed by atoms with Crippen LogP contribution in [0.3, 0.4) is 0 Å². The summed E-state index contributed by atoms with van der Waals surface area (Å²) in [6, 6.07) is 7.97. The lowest BCUT2D eigenvalue weighted by molar-refractivity contribution is -0.146. The standard InChI is InChI=1S/C24H28N2O7S2/c1-3-9-25-24(28)22-15-19(18-8-14-34-17-18)16-23(33-22)32-13-11-26(10-12-27)35(29,30)21-6-4-20(31-2)5-7-21/h1,4-8,14-15,17,19,23,27H,9-13,16H2,2H3,(H,25,28)/t19-,23+/m0/s1. The quantitative estimate of drug-likeness (QED) is 0.411. The largest absolute Gasteiger partial charge is 0.497 e. The maximum Gasteiger partial charge on any atom is 0.286 e. The van der Waals surface area contributed by atoms with Crippen molar-refractivity contribution in [2.75, 3.05) is 40.0 Å². The van der Waals surface area contributed by atoms with E-state index in [4.69, 9.17) is 20.6 Å². The molecule has 1 amide bonds. The number of thiophene rings is 1. The molecule has 0 unspecified atom stereocenters. The Morgan fingerprint density at radius 2 is 2.09 bits per heavy atom. The van der Waals surface area contributed by atoms with E-state index >= 15 is 0 Å². The van der Waals surface area contributed by atoms with E-state index in [2.05, 4.69) is 11.2 Å². The number of carbonyl (C=O) groups excluding carboxylic acids is 1. The van der Waals surface area contributed by atoms with Gasteiger partial charge in [-0.05, 0) is 52.7 Å². The minimum absolute atomic E-state index is 0.00430. The number of rotatable bonds is 12. The number of nitrogens with one attached hydrogen (secondary N) is 1. The molecule has 2 N–H and O–H groups in total. The fraction of sp³-hybridized carbons (Fsp3) is 0.375. The van der Waals surface area contributed by atoms with Crippen LogP contribution >= 0.6 is 11.3 Å². The number of terminal acetylenes is 1. The lowest BCUT2D eigenvalue weighted by Crippen LogP contribution is -2.38. The molecule has 0 spiro atoms. The molecule has 0 fully saturated rings. The van der Waals surface area contributed by atoms with Gasteiger partial charge in [0.2, 0.25) is 16.3 Å². The number of nitrogens with zero attached hydrogens (tertiary/aromatic N) is 1. The van der Waals surface area contributed by atoms with E-state index in [1.165, 1.54) is 19.2 Å². The molecule has 188 valence electrons. The van der Waals surface area contributed by atoms with Crippen molar-refractivity contribution in [1.82, 2.24) is 9.62 Å². The van der Waals surface area contributed by atoms with E-state index in [1.54, 1.807) is 29.5 Å². The van der Waals surface area contributed by atoms with Crippen molar-refractivity contribution in [3.8, 4) is 18.1 Å². The first kappa shape index (κ1) is 26.7. The molecule has 9 nitrogen and oxygen atoms in total. The van der Waals surface area contributed by atoms with Gasteiger partial charge >= 0.3 is 0 Å². The van der Waals surface area contributed by atoms with Crippen LogP contribution in [0.15, 0.2) is 57.8 Å². The molecule has 0 radical (unpaired) electrons. The minimum atomic E-state index is -3.87. The third kappa shape index (κ3) is 7.06. The molecule has 1 aliphatic heterocycles. The summed E-state index contributed by atoms with van der Waals surface area (Å²) in [5, 5.41) is 15.9. The maximum atomic E-state index is 13.1. The number of aliphatic hydroxyl groups is 1. The Bertz CT molecular complexity index is 1140. The molecule has 1 aliphatic rings. The number of allylic oxidation sites excluding steroid dienone is 1. The number of sulfonamides is 1. The highest BCUT2D eigenvalue weighted by Crippen LogP contribution is 2.32.